The Morgan fingerprint density at radius 1 is 1.37 bits per heavy atom. The number of hydrogen-bond donors (Lipinski definition) is 1. The molecule has 1 N–H and O–H groups in total. The van der Waals surface area contributed by atoms with Crippen molar-refractivity contribution in [2.24, 2.45) is 5.41 Å². The summed E-state index contributed by atoms with van der Waals surface area (Å²) in [6, 6.07) is 4.65. The van der Waals surface area contributed by atoms with Gasteiger partial charge in [0.2, 0.25) is 5.91 Å². The Hall–Kier alpha value is -1.07. The van der Waals surface area contributed by atoms with Crippen molar-refractivity contribution in [1.82, 2.24) is 0 Å². The first-order valence-corrected chi connectivity index (χ1v) is 8.18. The lowest BCUT2D eigenvalue weighted by atomic mass is 9.95. The summed E-state index contributed by atoms with van der Waals surface area (Å²) in [5, 5.41) is 2.73. The summed E-state index contributed by atoms with van der Waals surface area (Å²) in [7, 11) is -3.30. The van der Waals surface area contributed by atoms with Crippen LogP contribution < -0.4 is 5.32 Å². The second-order valence-electron chi connectivity index (χ2n) is 5.22. The Bertz CT molecular complexity index is 594. The highest BCUT2D eigenvalue weighted by molar-refractivity contribution is 7.90. The van der Waals surface area contributed by atoms with Crippen LogP contribution in [0.4, 0.5) is 5.69 Å². The highest BCUT2D eigenvalue weighted by atomic mass is 35.5. The first-order valence-electron chi connectivity index (χ1n) is 5.76. The van der Waals surface area contributed by atoms with Crippen molar-refractivity contribution in [1.29, 1.82) is 0 Å². The van der Waals surface area contributed by atoms with E-state index in [1.54, 1.807) is 26.8 Å². The van der Waals surface area contributed by atoms with Crippen molar-refractivity contribution in [2.75, 3.05) is 17.5 Å². The number of hydrogen-bond acceptors (Lipinski definition) is 3. The quantitative estimate of drug-likeness (QED) is 0.870. The number of rotatable bonds is 4. The molecule has 4 nitrogen and oxygen atoms in total. The maximum atomic E-state index is 12.0. The molecule has 0 aliphatic heterocycles. The first kappa shape index (κ1) is 16.0. The van der Waals surface area contributed by atoms with Crippen molar-refractivity contribution in [3.05, 3.63) is 23.8 Å². The molecule has 0 fully saturated rings. The number of sulfone groups is 1. The topological polar surface area (TPSA) is 63.2 Å². The van der Waals surface area contributed by atoms with Gasteiger partial charge in [0.05, 0.1) is 10.3 Å². The van der Waals surface area contributed by atoms with Crippen molar-refractivity contribution in [3.8, 4) is 0 Å². The summed E-state index contributed by atoms with van der Waals surface area (Å²) in [5.74, 6) is -0.0554. The van der Waals surface area contributed by atoms with E-state index in [4.69, 9.17) is 11.6 Å². The molecule has 0 saturated heterocycles. The van der Waals surface area contributed by atoms with Gasteiger partial charge in [-0.3, -0.25) is 4.79 Å². The standard InChI is InChI=1S/C13H18ClNO3S/c1-9-5-6-10(19(4,17)18)7-11(9)15-12(16)13(2,3)8-14/h5-7H,8H2,1-4H3,(H,15,16). The third-order valence-corrected chi connectivity index (χ3v) is 4.61. The summed E-state index contributed by atoms with van der Waals surface area (Å²) >= 11 is 5.74. The van der Waals surface area contributed by atoms with Gasteiger partial charge >= 0.3 is 0 Å². The normalized spacial score (nSPS) is 12.3. The van der Waals surface area contributed by atoms with Crippen LogP contribution in [0.3, 0.4) is 0 Å². The Balaban J connectivity index is 3.12. The zero-order valence-electron chi connectivity index (χ0n) is 11.5. The molecule has 0 aliphatic carbocycles. The molecule has 1 aromatic rings. The van der Waals surface area contributed by atoms with Crippen LogP contribution in [0.15, 0.2) is 23.1 Å². The number of alkyl halides is 1. The third kappa shape index (κ3) is 3.94. The van der Waals surface area contributed by atoms with Gasteiger partial charge in [0, 0.05) is 17.8 Å². The number of aryl methyl sites for hydroxylation is 1. The van der Waals surface area contributed by atoms with E-state index in [2.05, 4.69) is 5.32 Å². The number of anilines is 1. The molecule has 1 aromatic carbocycles. The molecule has 0 radical (unpaired) electrons. The van der Waals surface area contributed by atoms with Crippen LogP contribution in [0, 0.1) is 12.3 Å². The van der Waals surface area contributed by atoms with Gasteiger partial charge in [0.25, 0.3) is 0 Å². The van der Waals surface area contributed by atoms with Crippen LogP contribution in [-0.4, -0.2) is 26.5 Å². The van der Waals surface area contributed by atoms with E-state index < -0.39 is 15.3 Å². The van der Waals surface area contributed by atoms with Gasteiger partial charge in [-0.2, -0.15) is 0 Å². The molecule has 0 unspecified atom stereocenters. The molecule has 6 heteroatoms. The van der Waals surface area contributed by atoms with Crippen LogP contribution in [0.25, 0.3) is 0 Å². The van der Waals surface area contributed by atoms with Crippen LogP contribution in [0.1, 0.15) is 19.4 Å². The van der Waals surface area contributed by atoms with Crippen molar-refractivity contribution in [3.63, 3.8) is 0 Å². The van der Waals surface area contributed by atoms with Gasteiger partial charge in [-0.15, -0.1) is 11.6 Å². The smallest absolute Gasteiger partial charge is 0.231 e. The Morgan fingerprint density at radius 3 is 2.42 bits per heavy atom. The summed E-state index contributed by atoms with van der Waals surface area (Å²) in [4.78, 5) is 12.2. The number of halogens is 1. The van der Waals surface area contributed by atoms with E-state index in [9.17, 15) is 13.2 Å². The molecule has 0 atom stereocenters. The highest BCUT2D eigenvalue weighted by Crippen LogP contribution is 2.24. The second kappa shape index (κ2) is 5.51. The lowest BCUT2D eigenvalue weighted by Gasteiger charge is -2.21. The molecule has 1 rings (SSSR count). The molecule has 19 heavy (non-hydrogen) atoms. The zero-order chi connectivity index (χ0) is 14.8. The minimum absolute atomic E-state index is 0.178. The van der Waals surface area contributed by atoms with Gasteiger partial charge in [-0.05, 0) is 38.5 Å². The lowest BCUT2D eigenvalue weighted by Crippen LogP contribution is -2.32. The Morgan fingerprint density at radius 2 is 1.95 bits per heavy atom. The summed E-state index contributed by atoms with van der Waals surface area (Å²) in [6.45, 7) is 5.26. The largest absolute Gasteiger partial charge is 0.325 e. The van der Waals surface area contributed by atoms with Gasteiger partial charge in [-0.1, -0.05) is 6.07 Å². The van der Waals surface area contributed by atoms with E-state index in [-0.39, 0.29) is 16.7 Å². The van der Waals surface area contributed by atoms with Crippen molar-refractivity contribution >= 4 is 33.0 Å². The van der Waals surface area contributed by atoms with E-state index in [0.717, 1.165) is 11.8 Å². The molecule has 0 aromatic heterocycles. The Labute approximate surface area is 119 Å². The number of carbonyl (C=O) groups excluding carboxylic acids is 1. The van der Waals surface area contributed by atoms with Gasteiger partial charge in [0.1, 0.15) is 0 Å². The average Bonchev–Trinajstić information content (AvgIpc) is 2.30. The summed E-state index contributed by atoms with van der Waals surface area (Å²) < 4.78 is 23.0. The van der Waals surface area contributed by atoms with Crippen LogP contribution >= 0.6 is 11.6 Å². The van der Waals surface area contributed by atoms with E-state index in [1.165, 1.54) is 12.1 Å². The number of nitrogens with one attached hydrogen (secondary N) is 1. The summed E-state index contributed by atoms with van der Waals surface area (Å²) in [5.41, 5.74) is 0.576. The van der Waals surface area contributed by atoms with Crippen LogP contribution in [-0.2, 0) is 14.6 Å². The molecule has 0 saturated carbocycles. The Kier molecular flexibility index (Phi) is 4.63. The van der Waals surface area contributed by atoms with E-state index in [1.807, 2.05) is 0 Å². The second-order valence-corrected chi connectivity index (χ2v) is 7.50. The maximum Gasteiger partial charge on any atom is 0.231 e. The molecule has 0 spiro atoms. The minimum Gasteiger partial charge on any atom is -0.325 e. The molecule has 1 amide bonds. The number of amides is 1. The SMILES string of the molecule is Cc1ccc(S(C)(=O)=O)cc1NC(=O)C(C)(C)CCl. The highest BCUT2D eigenvalue weighted by Gasteiger charge is 2.27. The third-order valence-electron chi connectivity index (χ3n) is 2.83. The molecule has 106 valence electrons. The van der Waals surface area contributed by atoms with E-state index in [0.29, 0.717) is 5.69 Å². The zero-order valence-corrected chi connectivity index (χ0v) is 13.0. The van der Waals surface area contributed by atoms with Crippen LogP contribution in [0.2, 0.25) is 0 Å². The predicted octanol–water partition coefficient (Wildman–Crippen LogP) is 2.60. The molecular formula is C13H18ClNO3S. The van der Waals surface area contributed by atoms with Gasteiger partial charge in [-0.25, -0.2) is 8.42 Å². The molecule has 0 aliphatic rings. The van der Waals surface area contributed by atoms with Crippen LogP contribution in [0.5, 0.6) is 0 Å². The fourth-order valence-electron chi connectivity index (χ4n) is 1.32. The van der Waals surface area contributed by atoms with Crippen molar-refractivity contribution < 1.29 is 13.2 Å². The van der Waals surface area contributed by atoms with Gasteiger partial charge < -0.3 is 5.32 Å². The first-order chi connectivity index (χ1) is 8.58. The summed E-state index contributed by atoms with van der Waals surface area (Å²) in [6.07, 6.45) is 1.13. The monoisotopic (exact) mass is 303 g/mol. The maximum absolute atomic E-state index is 12.0. The molecular weight excluding hydrogens is 286 g/mol. The minimum atomic E-state index is -3.30. The van der Waals surface area contributed by atoms with Crippen molar-refractivity contribution in [2.45, 2.75) is 25.7 Å². The fourth-order valence-corrected chi connectivity index (χ4v) is 2.09. The lowest BCUT2D eigenvalue weighted by molar-refractivity contribution is -0.122. The number of benzene rings is 1. The van der Waals surface area contributed by atoms with E-state index >= 15 is 0 Å². The van der Waals surface area contributed by atoms with Gasteiger partial charge in [0.15, 0.2) is 9.84 Å². The number of carbonyl (C=O) groups is 1. The molecule has 0 heterocycles. The molecule has 0 bridgehead atoms. The predicted molar refractivity (Wildman–Crippen MR) is 77.4 cm³/mol. The average molecular weight is 304 g/mol. The fraction of sp³-hybridized carbons (Fsp3) is 0.462.